The van der Waals surface area contributed by atoms with Crippen molar-refractivity contribution >= 4 is 18.0 Å². The number of hydrogen-bond donors (Lipinski definition) is 1. The van der Waals surface area contributed by atoms with Crippen LogP contribution in [0, 0.1) is 0 Å². The van der Waals surface area contributed by atoms with Gasteiger partial charge >= 0.3 is 5.97 Å². The van der Waals surface area contributed by atoms with Crippen molar-refractivity contribution in [2.75, 3.05) is 27.9 Å². The molecule has 25 heavy (non-hydrogen) atoms. The Kier molecular flexibility index (Phi) is 8.32. The third-order valence-electron chi connectivity index (χ3n) is 3.46. The lowest BCUT2D eigenvalue weighted by molar-refractivity contribution is -0.144. The Labute approximate surface area is 147 Å². The van der Waals surface area contributed by atoms with Gasteiger partial charge in [0, 0.05) is 12.1 Å². The van der Waals surface area contributed by atoms with E-state index in [0.29, 0.717) is 22.8 Å². The van der Waals surface area contributed by atoms with Crippen LogP contribution in [0.15, 0.2) is 18.2 Å². The standard InChI is InChI=1S/C18H25NO6/c1-6-12(2)19-16(20)11-25-17(21)8-7-13-9-14(22-3)18(24-5)15(10-13)23-4/h7-10,12H,6,11H2,1-5H3,(H,19,20)/b8-7+/t12-/m0/s1. The van der Waals surface area contributed by atoms with E-state index in [0.717, 1.165) is 6.42 Å². The smallest absolute Gasteiger partial charge is 0.331 e. The van der Waals surface area contributed by atoms with Gasteiger partial charge in [-0.25, -0.2) is 4.79 Å². The zero-order chi connectivity index (χ0) is 18.8. The molecule has 0 saturated heterocycles. The molecule has 138 valence electrons. The summed E-state index contributed by atoms with van der Waals surface area (Å²) < 4.78 is 20.6. The number of amides is 1. The lowest BCUT2D eigenvalue weighted by Gasteiger charge is -2.12. The van der Waals surface area contributed by atoms with Gasteiger partial charge in [-0.05, 0) is 37.1 Å². The van der Waals surface area contributed by atoms with Crippen molar-refractivity contribution in [1.82, 2.24) is 5.32 Å². The van der Waals surface area contributed by atoms with Crippen LogP contribution in [0.2, 0.25) is 0 Å². The second kappa shape index (κ2) is 10.2. The summed E-state index contributed by atoms with van der Waals surface area (Å²) >= 11 is 0. The molecule has 0 fully saturated rings. The molecule has 1 atom stereocenters. The fourth-order valence-corrected chi connectivity index (χ4v) is 1.97. The molecule has 0 heterocycles. The highest BCUT2D eigenvalue weighted by Gasteiger charge is 2.12. The van der Waals surface area contributed by atoms with E-state index in [-0.39, 0.29) is 18.6 Å². The molecular weight excluding hydrogens is 326 g/mol. The van der Waals surface area contributed by atoms with Crippen molar-refractivity contribution < 1.29 is 28.5 Å². The van der Waals surface area contributed by atoms with Crippen molar-refractivity contribution in [3.05, 3.63) is 23.8 Å². The summed E-state index contributed by atoms with van der Waals surface area (Å²) in [6, 6.07) is 3.43. The van der Waals surface area contributed by atoms with Gasteiger partial charge in [-0.15, -0.1) is 0 Å². The molecule has 1 rings (SSSR count). The van der Waals surface area contributed by atoms with Gasteiger partial charge in [0.15, 0.2) is 18.1 Å². The first kappa shape index (κ1) is 20.3. The van der Waals surface area contributed by atoms with Crippen LogP contribution in [-0.4, -0.2) is 45.9 Å². The molecular formula is C18H25NO6. The number of benzene rings is 1. The predicted octanol–water partition coefficient (Wildman–Crippen LogP) is 2.18. The van der Waals surface area contributed by atoms with E-state index in [1.54, 1.807) is 18.2 Å². The number of carbonyl (C=O) groups excluding carboxylic acids is 2. The minimum Gasteiger partial charge on any atom is -0.493 e. The number of carbonyl (C=O) groups is 2. The number of nitrogens with one attached hydrogen (secondary N) is 1. The quantitative estimate of drug-likeness (QED) is 0.542. The van der Waals surface area contributed by atoms with Crippen LogP contribution in [0.5, 0.6) is 17.2 Å². The van der Waals surface area contributed by atoms with Gasteiger partial charge in [-0.1, -0.05) is 6.92 Å². The maximum absolute atomic E-state index is 11.7. The normalized spacial score (nSPS) is 11.7. The van der Waals surface area contributed by atoms with E-state index >= 15 is 0 Å². The first-order valence-corrected chi connectivity index (χ1v) is 7.89. The minimum absolute atomic E-state index is 0.0426. The number of hydrogen-bond acceptors (Lipinski definition) is 6. The lowest BCUT2D eigenvalue weighted by Crippen LogP contribution is -2.35. The van der Waals surface area contributed by atoms with Gasteiger partial charge in [-0.3, -0.25) is 4.79 Å². The average molecular weight is 351 g/mol. The Morgan fingerprint density at radius 2 is 1.72 bits per heavy atom. The van der Waals surface area contributed by atoms with Crippen LogP contribution in [0.25, 0.3) is 6.08 Å². The van der Waals surface area contributed by atoms with Gasteiger partial charge in [0.1, 0.15) is 0 Å². The van der Waals surface area contributed by atoms with Gasteiger partial charge in [0.2, 0.25) is 5.75 Å². The molecule has 0 bridgehead atoms. The maximum Gasteiger partial charge on any atom is 0.331 e. The first-order valence-electron chi connectivity index (χ1n) is 7.89. The van der Waals surface area contributed by atoms with E-state index in [9.17, 15) is 9.59 Å². The molecule has 0 saturated carbocycles. The molecule has 7 heteroatoms. The van der Waals surface area contributed by atoms with Gasteiger partial charge in [0.05, 0.1) is 21.3 Å². The summed E-state index contributed by atoms with van der Waals surface area (Å²) in [6.07, 6.45) is 3.58. The van der Waals surface area contributed by atoms with Gasteiger partial charge in [0.25, 0.3) is 5.91 Å². The Morgan fingerprint density at radius 1 is 1.12 bits per heavy atom. The van der Waals surface area contributed by atoms with E-state index in [1.807, 2.05) is 13.8 Å². The highest BCUT2D eigenvalue weighted by atomic mass is 16.5. The summed E-state index contributed by atoms with van der Waals surface area (Å²) in [4.78, 5) is 23.3. The third-order valence-corrected chi connectivity index (χ3v) is 3.46. The lowest BCUT2D eigenvalue weighted by atomic mass is 10.1. The van der Waals surface area contributed by atoms with Crippen molar-refractivity contribution in [3.63, 3.8) is 0 Å². The average Bonchev–Trinajstić information content (AvgIpc) is 2.63. The van der Waals surface area contributed by atoms with Crippen LogP contribution < -0.4 is 19.5 Å². The molecule has 7 nitrogen and oxygen atoms in total. The molecule has 1 aromatic carbocycles. The maximum atomic E-state index is 11.7. The zero-order valence-corrected chi connectivity index (χ0v) is 15.3. The summed E-state index contributed by atoms with van der Waals surface area (Å²) in [6.45, 7) is 3.52. The Balaban J connectivity index is 2.71. The molecule has 0 radical (unpaired) electrons. The van der Waals surface area contributed by atoms with Crippen molar-refractivity contribution in [2.24, 2.45) is 0 Å². The minimum atomic E-state index is -0.618. The fourth-order valence-electron chi connectivity index (χ4n) is 1.97. The van der Waals surface area contributed by atoms with Crippen LogP contribution >= 0.6 is 0 Å². The van der Waals surface area contributed by atoms with Crippen LogP contribution in [0.1, 0.15) is 25.8 Å². The number of ether oxygens (including phenoxy) is 4. The van der Waals surface area contributed by atoms with Gasteiger partial charge in [-0.2, -0.15) is 0 Å². The van der Waals surface area contributed by atoms with E-state index in [4.69, 9.17) is 18.9 Å². The predicted molar refractivity (Wildman–Crippen MR) is 94.0 cm³/mol. The van der Waals surface area contributed by atoms with Crippen molar-refractivity contribution in [2.45, 2.75) is 26.3 Å². The monoisotopic (exact) mass is 351 g/mol. The second-order valence-corrected chi connectivity index (χ2v) is 5.28. The van der Waals surface area contributed by atoms with Gasteiger partial charge < -0.3 is 24.3 Å². The molecule has 1 N–H and O–H groups in total. The summed E-state index contributed by atoms with van der Waals surface area (Å²) in [7, 11) is 4.53. The fraction of sp³-hybridized carbons (Fsp3) is 0.444. The highest BCUT2D eigenvalue weighted by molar-refractivity contribution is 5.89. The van der Waals surface area contributed by atoms with Crippen molar-refractivity contribution in [3.8, 4) is 17.2 Å². The zero-order valence-electron chi connectivity index (χ0n) is 15.3. The summed E-state index contributed by atoms with van der Waals surface area (Å²) in [5.41, 5.74) is 0.663. The topological polar surface area (TPSA) is 83.1 Å². The molecule has 1 amide bonds. The molecule has 0 aliphatic carbocycles. The molecule has 1 aromatic rings. The first-order chi connectivity index (χ1) is 11.9. The molecule has 0 aliphatic rings. The highest BCUT2D eigenvalue weighted by Crippen LogP contribution is 2.38. The number of rotatable bonds is 9. The molecule has 0 aromatic heterocycles. The van der Waals surface area contributed by atoms with E-state index in [2.05, 4.69) is 5.32 Å². The summed E-state index contributed by atoms with van der Waals surface area (Å²) in [5.74, 6) is 0.467. The number of esters is 1. The van der Waals surface area contributed by atoms with Crippen LogP contribution in [0.3, 0.4) is 0 Å². The number of methoxy groups -OCH3 is 3. The summed E-state index contributed by atoms with van der Waals surface area (Å²) in [5, 5.41) is 2.71. The van der Waals surface area contributed by atoms with E-state index < -0.39 is 5.97 Å². The third kappa shape index (κ3) is 6.37. The Morgan fingerprint density at radius 3 is 2.20 bits per heavy atom. The SMILES string of the molecule is CC[C@H](C)NC(=O)COC(=O)/C=C/c1cc(OC)c(OC)c(OC)c1. The Hall–Kier alpha value is -2.70. The van der Waals surface area contributed by atoms with Crippen molar-refractivity contribution in [1.29, 1.82) is 0 Å². The van der Waals surface area contributed by atoms with Crippen LogP contribution in [-0.2, 0) is 14.3 Å². The largest absolute Gasteiger partial charge is 0.493 e. The van der Waals surface area contributed by atoms with Crippen LogP contribution in [0.4, 0.5) is 0 Å². The molecule has 0 spiro atoms. The molecule has 0 aliphatic heterocycles. The molecule has 0 unspecified atom stereocenters. The second-order valence-electron chi connectivity index (χ2n) is 5.28. The van der Waals surface area contributed by atoms with E-state index in [1.165, 1.54) is 27.4 Å². The Bertz CT molecular complexity index is 601.